The fraction of sp³-hybridized carbons (Fsp3) is 0.385. The van der Waals surface area contributed by atoms with Gasteiger partial charge in [0.15, 0.2) is 6.61 Å². The fourth-order valence-corrected chi connectivity index (χ4v) is 2.08. The highest BCUT2D eigenvalue weighted by atomic mass is 19.1. The van der Waals surface area contributed by atoms with Crippen LogP contribution >= 0.6 is 0 Å². The average Bonchev–Trinajstić information content (AvgIpc) is 2.89. The van der Waals surface area contributed by atoms with Gasteiger partial charge >= 0.3 is 5.97 Å². The molecule has 22 heavy (non-hydrogen) atoms. The summed E-state index contributed by atoms with van der Waals surface area (Å²) < 4.78 is 19.0. The normalized spacial score (nSPS) is 20.7. The Labute approximate surface area is 124 Å². The van der Waals surface area contributed by atoms with Crippen LogP contribution in [0.4, 0.5) is 10.1 Å². The highest BCUT2D eigenvalue weighted by Crippen LogP contribution is 2.26. The second kappa shape index (κ2) is 5.96. The van der Waals surface area contributed by atoms with Gasteiger partial charge in [-0.3, -0.25) is 14.9 Å². The molecule has 1 aliphatic rings. The Bertz CT molecular complexity index is 622. The van der Waals surface area contributed by atoms with Gasteiger partial charge in [0.05, 0.1) is 17.5 Å². The highest BCUT2D eigenvalue weighted by Gasteiger charge is 2.46. The van der Waals surface area contributed by atoms with E-state index in [0.29, 0.717) is 0 Å². The summed E-state index contributed by atoms with van der Waals surface area (Å²) in [6.07, 6.45) is -0.273. The number of benzene rings is 1. The highest BCUT2D eigenvalue weighted by molar-refractivity contribution is 5.83. The third kappa shape index (κ3) is 3.30. The van der Waals surface area contributed by atoms with Crippen LogP contribution in [0.1, 0.15) is 6.42 Å². The predicted molar refractivity (Wildman–Crippen MR) is 71.3 cm³/mol. The summed E-state index contributed by atoms with van der Waals surface area (Å²) in [5.41, 5.74) is -2.61. The van der Waals surface area contributed by atoms with E-state index < -0.39 is 35.6 Å². The van der Waals surface area contributed by atoms with Crippen LogP contribution in [-0.4, -0.2) is 52.2 Å². The maximum Gasteiger partial charge on any atom is 0.343 e. The van der Waals surface area contributed by atoms with Gasteiger partial charge in [0.1, 0.15) is 5.75 Å². The lowest BCUT2D eigenvalue weighted by Crippen LogP contribution is -2.40. The van der Waals surface area contributed by atoms with Gasteiger partial charge in [-0.25, -0.2) is 9.18 Å². The molecule has 0 radical (unpaired) electrons. The van der Waals surface area contributed by atoms with Crippen LogP contribution in [0.25, 0.3) is 0 Å². The van der Waals surface area contributed by atoms with Gasteiger partial charge in [-0.05, 0) is 6.07 Å². The van der Waals surface area contributed by atoms with Crippen LogP contribution in [-0.2, 0) is 9.59 Å². The van der Waals surface area contributed by atoms with Crippen LogP contribution < -0.4 is 4.74 Å². The molecule has 1 amide bonds. The lowest BCUT2D eigenvalue weighted by Gasteiger charge is -2.17. The zero-order valence-electron chi connectivity index (χ0n) is 11.4. The van der Waals surface area contributed by atoms with E-state index >= 15 is 0 Å². The molecule has 1 aromatic carbocycles. The van der Waals surface area contributed by atoms with Crippen LogP contribution in [0.5, 0.6) is 5.75 Å². The lowest BCUT2D eigenvalue weighted by molar-refractivity contribution is -0.384. The van der Waals surface area contributed by atoms with Crippen molar-refractivity contribution < 1.29 is 28.7 Å². The van der Waals surface area contributed by atoms with Gasteiger partial charge < -0.3 is 14.7 Å². The third-order valence-corrected chi connectivity index (χ3v) is 3.35. The molecule has 9 heteroatoms. The second-order valence-electron chi connectivity index (χ2n) is 4.88. The van der Waals surface area contributed by atoms with Gasteiger partial charge in [-0.2, -0.15) is 0 Å². The van der Waals surface area contributed by atoms with E-state index in [1.54, 1.807) is 0 Å². The van der Waals surface area contributed by atoms with Gasteiger partial charge in [0.25, 0.3) is 11.6 Å². The summed E-state index contributed by atoms with van der Waals surface area (Å²) in [7, 11) is 0. The molecule has 0 saturated carbocycles. The molecular formula is C13H13FN2O6. The van der Waals surface area contributed by atoms with Gasteiger partial charge in [-0.1, -0.05) is 6.07 Å². The number of nitro groups is 1. The molecule has 8 nitrogen and oxygen atoms in total. The summed E-state index contributed by atoms with van der Waals surface area (Å²) in [6.45, 7) is -0.990. The monoisotopic (exact) mass is 312 g/mol. The molecule has 1 N–H and O–H groups in total. The number of ether oxygens (including phenoxy) is 1. The van der Waals surface area contributed by atoms with Crippen molar-refractivity contribution in [1.29, 1.82) is 0 Å². The number of nitrogens with zero attached hydrogens (tertiary/aromatic N) is 2. The van der Waals surface area contributed by atoms with Crippen molar-refractivity contribution in [1.82, 2.24) is 4.90 Å². The summed E-state index contributed by atoms with van der Waals surface area (Å²) in [6, 6.07) is 5.29. The van der Waals surface area contributed by atoms with E-state index in [9.17, 15) is 24.1 Å². The van der Waals surface area contributed by atoms with E-state index in [1.807, 2.05) is 0 Å². The van der Waals surface area contributed by atoms with Crippen LogP contribution in [0, 0.1) is 10.1 Å². The number of halogens is 1. The number of hydrogen-bond acceptors (Lipinski definition) is 5. The summed E-state index contributed by atoms with van der Waals surface area (Å²) >= 11 is 0. The first-order chi connectivity index (χ1) is 10.3. The largest absolute Gasteiger partial charge is 0.484 e. The van der Waals surface area contributed by atoms with Crippen molar-refractivity contribution in [3.8, 4) is 5.75 Å². The molecule has 1 heterocycles. The quantitative estimate of drug-likeness (QED) is 0.641. The Morgan fingerprint density at radius 3 is 2.82 bits per heavy atom. The standard InChI is InChI=1S/C13H13FN2O6/c14-13(12(18)19)4-5-15(8-13)11(17)7-22-10-3-1-2-9(6-10)16(20)21/h1-3,6H,4-5,7-8H2,(H,18,19). The molecule has 1 aromatic rings. The second-order valence-corrected chi connectivity index (χ2v) is 4.88. The fourth-order valence-electron chi connectivity index (χ4n) is 2.08. The number of nitro benzene ring substituents is 1. The number of carbonyl (C=O) groups excluding carboxylic acids is 1. The maximum atomic E-state index is 13.8. The number of alkyl halides is 1. The summed E-state index contributed by atoms with van der Waals surface area (Å²) in [5.74, 6) is -2.04. The van der Waals surface area contributed by atoms with Crippen LogP contribution in [0.2, 0.25) is 0 Å². The van der Waals surface area contributed by atoms with Crippen molar-refractivity contribution in [2.45, 2.75) is 12.1 Å². The molecule has 1 aliphatic heterocycles. The van der Waals surface area contributed by atoms with Crippen molar-refractivity contribution >= 4 is 17.6 Å². The molecule has 1 fully saturated rings. The van der Waals surface area contributed by atoms with E-state index in [2.05, 4.69) is 0 Å². The van der Waals surface area contributed by atoms with Crippen molar-refractivity contribution in [3.05, 3.63) is 34.4 Å². The van der Waals surface area contributed by atoms with Crippen LogP contribution in [0.15, 0.2) is 24.3 Å². The third-order valence-electron chi connectivity index (χ3n) is 3.35. The Hall–Kier alpha value is -2.71. The van der Waals surface area contributed by atoms with Gasteiger partial charge in [0.2, 0.25) is 5.67 Å². The zero-order valence-corrected chi connectivity index (χ0v) is 11.4. The van der Waals surface area contributed by atoms with E-state index in [0.717, 1.165) is 11.0 Å². The molecule has 0 bridgehead atoms. The van der Waals surface area contributed by atoms with E-state index in [1.165, 1.54) is 18.2 Å². The Kier molecular flexibility index (Phi) is 4.25. The Balaban J connectivity index is 1.93. The van der Waals surface area contributed by atoms with E-state index in [-0.39, 0.29) is 24.4 Å². The summed E-state index contributed by atoms with van der Waals surface area (Å²) in [4.78, 5) is 33.7. The molecule has 118 valence electrons. The number of aliphatic carboxylic acids is 1. The lowest BCUT2D eigenvalue weighted by atomic mass is 10.1. The van der Waals surface area contributed by atoms with E-state index in [4.69, 9.17) is 9.84 Å². The van der Waals surface area contributed by atoms with Crippen molar-refractivity contribution in [2.75, 3.05) is 19.7 Å². The number of likely N-dealkylation sites (tertiary alicyclic amines) is 1. The zero-order chi connectivity index (χ0) is 16.3. The van der Waals surface area contributed by atoms with Crippen molar-refractivity contribution in [3.63, 3.8) is 0 Å². The molecule has 2 rings (SSSR count). The minimum Gasteiger partial charge on any atom is -0.484 e. The molecular weight excluding hydrogens is 299 g/mol. The molecule has 1 saturated heterocycles. The van der Waals surface area contributed by atoms with Crippen molar-refractivity contribution in [2.24, 2.45) is 0 Å². The minimum atomic E-state index is -2.43. The summed E-state index contributed by atoms with van der Waals surface area (Å²) in [5, 5.41) is 19.4. The molecule has 0 aromatic heterocycles. The molecule has 1 unspecified atom stereocenters. The van der Waals surface area contributed by atoms with Gasteiger partial charge in [-0.15, -0.1) is 0 Å². The smallest absolute Gasteiger partial charge is 0.343 e. The average molecular weight is 312 g/mol. The number of amides is 1. The minimum absolute atomic E-state index is 0.0140. The first kappa shape index (κ1) is 15.7. The number of carboxylic acid groups (broad SMARTS) is 1. The number of hydrogen-bond donors (Lipinski definition) is 1. The molecule has 0 aliphatic carbocycles. The number of carboxylic acids is 1. The topological polar surface area (TPSA) is 110 Å². The number of carbonyl (C=O) groups is 2. The number of non-ortho nitro benzene ring substituents is 1. The maximum absolute atomic E-state index is 13.8. The Morgan fingerprint density at radius 2 is 2.23 bits per heavy atom. The SMILES string of the molecule is O=C(COc1cccc([N+](=O)[O-])c1)N1CCC(F)(C(=O)O)C1. The molecule has 0 spiro atoms. The van der Waals surface area contributed by atoms with Crippen LogP contribution in [0.3, 0.4) is 0 Å². The predicted octanol–water partition coefficient (Wildman–Crippen LogP) is 0.999. The first-order valence-corrected chi connectivity index (χ1v) is 6.39. The Morgan fingerprint density at radius 1 is 1.50 bits per heavy atom. The first-order valence-electron chi connectivity index (χ1n) is 6.39. The number of rotatable bonds is 5. The molecule has 1 atom stereocenters. The van der Waals surface area contributed by atoms with Gasteiger partial charge in [0, 0.05) is 19.0 Å².